The fraction of sp³-hybridized carbons (Fsp3) is 0.500. The van der Waals surface area contributed by atoms with Crippen LogP contribution in [-0.4, -0.2) is 11.8 Å². The zero-order valence-corrected chi connectivity index (χ0v) is 10.5. The lowest BCUT2D eigenvalue weighted by molar-refractivity contribution is -0.118. The van der Waals surface area contributed by atoms with E-state index in [2.05, 4.69) is 15.9 Å². The SMILES string of the molecule is CC(N)CCC(=O)Cc1sccc1Br. The summed E-state index contributed by atoms with van der Waals surface area (Å²) >= 11 is 5.02. The van der Waals surface area contributed by atoms with Crippen LogP contribution in [0.2, 0.25) is 0 Å². The molecule has 0 spiro atoms. The minimum absolute atomic E-state index is 0.116. The van der Waals surface area contributed by atoms with Gasteiger partial charge in [-0.2, -0.15) is 0 Å². The summed E-state index contributed by atoms with van der Waals surface area (Å²) in [6, 6.07) is 2.09. The smallest absolute Gasteiger partial charge is 0.138 e. The third-order valence-electron chi connectivity index (χ3n) is 1.93. The maximum absolute atomic E-state index is 11.5. The van der Waals surface area contributed by atoms with E-state index in [4.69, 9.17) is 5.73 Å². The molecule has 0 bridgehead atoms. The van der Waals surface area contributed by atoms with Crippen LogP contribution in [0.3, 0.4) is 0 Å². The van der Waals surface area contributed by atoms with E-state index in [1.54, 1.807) is 11.3 Å². The van der Waals surface area contributed by atoms with Crippen LogP contribution in [0, 0.1) is 0 Å². The quantitative estimate of drug-likeness (QED) is 0.898. The number of halogens is 1. The average molecular weight is 276 g/mol. The fourth-order valence-electron chi connectivity index (χ4n) is 1.11. The third-order valence-corrected chi connectivity index (χ3v) is 3.85. The van der Waals surface area contributed by atoms with Crippen LogP contribution >= 0.6 is 27.3 Å². The molecule has 14 heavy (non-hydrogen) atoms. The minimum Gasteiger partial charge on any atom is -0.328 e. The monoisotopic (exact) mass is 275 g/mol. The lowest BCUT2D eigenvalue weighted by Crippen LogP contribution is -2.16. The maximum atomic E-state index is 11.5. The van der Waals surface area contributed by atoms with Crippen LogP contribution in [0.1, 0.15) is 24.6 Å². The highest BCUT2D eigenvalue weighted by Gasteiger charge is 2.08. The minimum atomic E-state index is 0.116. The molecule has 2 nitrogen and oxygen atoms in total. The summed E-state index contributed by atoms with van der Waals surface area (Å²) in [6.45, 7) is 1.92. The largest absolute Gasteiger partial charge is 0.328 e. The Morgan fingerprint density at radius 1 is 1.71 bits per heavy atom. The molecule has 1 unspecified atom stereocenters. The molecule has 0 aromatic carbocycles. The highest BCUT2D eigenvalue weighted by atomic mass is 79.9. The maximum Gasteiger partial charge on any atom is 0.138 e. The van der Waals surface area contributed by atoms with Gasteiger partial charge in [-0.1, -0.05) is 0 Å². The molecule has 4 heteroatoms. The van der Waals surface area contributed by atoms with E-state index in [-0.39, 0.29) is 11.8 Å². The molecular formula is C10H14BrNOS. The van der Waals surface area contributed by atoms with Gasteiger partial charge >= 0.3 is 0 Å². The van der Waals surface area contributed by atoms with Crippen molar-refractivity contribution >= 4 is 33.0 Å². The van der Waals surface area contributed by atoms with Gasteiger partial charge in [-0.05, 0) is 40.7 Å². The molecular weight excluding hydrogens is 262 g/mol. The van der Waals surface area contributed by atoms with Crippen LogP contribution in [-0.2, 0) is 11.2 Å². The molecule has 2 N–H and O–H groups in total. The molecule has 0 saturated carbocycles. The number of thiophene rings is 1. The molecule has 1 aromatic heterocycles. The van der Waals surface area contributed by atoms with Crippen molar-refractivity contribution in [3.8, 4) is 0 Å². The summed E-state index contributed by atoms with van der Waals surface area (Å²) in [5.74, 6) is 0.269. The Labute approximate surface area is 96.6 Å². The van der Waals surface area contributed by atoms with E-state index in [1.165, 1.54) is 0 Å². The van der Waals surface area contributed by atoms with Gasteiger partial charge in [-0.15, -0.1) is 11.3 Å². The van der Waals surface area contributed by atoms with Gasteiger partial charge in [0.25, 0.3) is 0 Å². The van der Waals surface area contributed by atoms with E-state index in [0.29, 0.717) is 12.8 Å². The lowest BCUT2D eigenvalue weighted by Gasteiger charge is -2.03. The molecule has 0 amide bonds. The summed E-state index contributed by atoms with van der Waals surface area (Å²) in [7, 11) is 0. The van der Waals surface area contributed by atoms with E-state index >= 15 is 0 Å². The molecule has 0 aliphatic carbocycles. The Balaban J connectivity index is 2.38. The van der Waals surface area contributed by atoms with Crippen molar-refractivity contribution in [1.29, 1.82) is 0 Å². The Morgan fingerprint density at radius 3 is 2.93 bits per heavy atom. The predicted molar refractivity (Wildman–Crippen MR) is 63.6 cm³/mol. The molecule has 0 saturated heterocycles. The highest BCUT2D eigenvalue weighted by molar-refractivity contribution is 9.10. The van der Waals surface area contributed by atoms with Crippen molar-refractivity contribution < 1.29 is 4.79 Å². The number of carbonyl (C=O) groups is 1. The van der Waals surface area contributed by atoms with Gasteiger partial charge in [0, 0.05) is 28.2 Å². The second kappa shape index (κ2) is 5.63. The fourth-order valence-corrected chi connectivity index (χ4v) is 2.63. The van der Waals surface area contributed by atoms with Crippen LogP contribution in [0.25, 0.3) is 0 Å². The number of hydrogen-bond acceptors (Lipinski definition) is 3. The van der Waals surface area contributed by atoms with Crippen molar-refractivity contribution in [2.75, 3.05) is 0 Å². The molecule has 1 heterocycles. The predicted octanol–water partition coefficient (Wildman–Crippen LogP) is 2.75. The van der Waals surface area contributed by atoms with Crippen LogP contribution in [0.4, 0.5) is 0 Å². The first-order valence-corrected chi connectivity index (χ1v) is 6.26. The number of hydrogen-bond donors (Lipinski definition) is 1. The zero-order valence-electron chi connectivity index (χ0n) is 8.13. The van der Waals surface area contributed by atoms with Gasteiger partial charge < -0.3 is 5.73 Å². The van der Waals surface area contributed by atoms with Gasteiger partial charge in [0.1, 0.15) is 5.78 Å². The van der Waals surface area contributed by atoms with E-state index in [1.807, 2.05) is 18.4 Å². The second-order valence-electron chi connectivity index (χ2n) is 3.42. The molecule has 0 aliphatic rings. The average Bonchev–Trinajstić information content (AvgIpc) is 2.49. The van der Waals surface area contributed by atoms with Gasteiger partial charge in [0.2, 0.25) is 0 Å². The van der Waals surface area contributed by atoms with Gasteiger partial charge in [0.15, 0.2) is 0 Å². The zero-order chi connectivity index (χ0) is 10.6. The highest BCUT2D eigenvalue weighted by Crippen LogP contribution is 2.23. The number of Topliss-reactive ketones (excluding diaryl/α,β-unsaturated/α-hetero) is 1. The molecule has 1 rings (SSSR count). The number of rotatable bonds is 5. The second-order valence-corrected chi connectivity index (χ2v) is 5.28. The molecule has 0 radical (unpaired) electrons. The van der Waals surface area contributed by atoms with Crippen molar-refractivity contribution in [3.05, 3.63) is 20.8 Å². The lowest BCUT2D eigenvalue weighted by atomic mass is 10.1. The summed E-state index contributed by atoms with van der Waals surface area (Å²) < 4.78 is 1.04. The first kappa shape index (κ1) is 11.9. The van der Waals surface area contributed by atoms with Crippen molar-refractivity contribution in [1.82, 2.24) is 0 Å². The van der Waals surface area contributed by atoms with Crippen molar-refractivity contribution in [2.45, 2.75) is 32.2 Å². The topological polar surface area (TPSA) is 43.1 Å². The Bertz CT molecular complexity index is 309. The Morgan fingerprint density at radius 2 is 2.43 bits per heavy atom. The van der Waals surface area contributed by atoms with Gasteiger partial charge in [-0.3, -0.25) is 4.79 Å². The molecule has 0 fully saturated rings. The number of nitrogens with two attached hydrogens (primary N) is 1. The summed E-state index contributed by atoms with van der Waals surface area (Å²) in [5, 5.41) is 1.98. The van der Waals surface area contributed by atoms with Crippen LogP contribution in [0.15, 0.2) is 15.9 Å². The van der Waals surface area contributed by atoms with Gasteiger partial charge in [-0.25, -0.2) is 0 Å². The standard InChI is InChI=1S/C10H14BrNOS/c1-7(12)2-3-8(13)6-10-9(11)4-5-14-10/h4-5,7H,2-3,6,12H2,1H3. The molecule has 0 aliphatic heterocycles. The Kier molecular flexibility index (Phi) is 4.78. The summed E-state index contributed by atoms with van der Waals surface area (Å²) in [4.78, 5) is 12.6. The molecule has 78 valence electrons. The molecule has 1 aromatic rings. The first-order chi connectivity index (χ1) is 6.59. The van der Waals surface area contributed by atoms with Gasteiger partial charge in [0.05, 0.1) is 0 Å². The van der Waals surface area contributed by atoms with Crippen LogP contribution in [0.5, 0.6) is 0 Å². The Hall–Kier alpha value is -0.190. The number of carbonyl (C=O) groups excluding carboxylic acids is 1. The summed E-state index contributed by atoms with van der Waals surface area (Å²) in [5.41, 5.74) is 5.59. The van der Waals surface area contributed by atoms with Crippen LogP contribution < -0.4 is 5.73 Å². The first-order valence-electron chi connectivity index (χ1n) is 4.58. The summed E-state index contributed by atoms with van der Waals surface area (Å²) in [6.07, 6.45) is 1.90. The normalized spacial score (nSPS) is 12.8. The third kappa shape index (κ3) is 3.90. The van der Waals surface area contributed by atoms with E-state index < -0.39 is 0 Å². The van der Waals surface area contributed by atoms with Crippen molar-refractivity contribution in [2.24, 2.45) is 5.73 Å². The van der Waals surface area contributed by atoms with E-state index in [0.717, 1.165) is 15.8 Å². The van der Waals surface area contributed by atoms with Crippen molar-refractivity contribution in [3.63, 3.8) is 0 Å². The van der Waals surface area contributed by atoms with E-state index in [9.17, 15) is 4.79 Å². The number of ketones is 1. The molecule has 1 atom stereocenters.